The smallest absolute Gasteiger partial charge is 0.274 e. The molecule has 0 saturated carbocycles. The molecule has 6 nitrogen and oxygen atoms in total. The van der Waals surface area contributed by atoms with E-state index in [4.69, 9.17) is 4.74 Å². The highest BCUT2D eigenvalue weighted by molar-refractivity contribution is 7.08. The first kappa shape index (κ1) is 18.5. The molecule has 1 aliphatic heterocycles. The lowest BCUT2D eigenvalue weighted by molar-refractivity contribution is 0.102. The van der Waals surface area contributed by atoms with Crippen molar-refractivity contribution < 1.29 is 18.3 Å². The van der Waals surface area contributed by atoms with Gasteiger partial charge in [-0.05, 0) is 24.3 Å². The molecule has 0 spiro atoms. The lowest BCUT2D eigenvalue weighted by Crippen LogP contribution is -2.45. The highest BCUT2D eigenvalue weighted by atomic mass is 32.1. The molecule has 2 N–H and O–H groups in total. The maximum Gasteiger partial charge on any atom is 0.274 e. The molecule has 9 heteroatoms. The van der Waals surface area contributed by atoms with Crippen LogP contribution >= 0.6 is 11.5 Å². The summed E-state index contributed by atoms with van der Waals surface area (Å²) in [4.78, 5) is 16.7. The number of carbonyl (C=O) groups excluding carboxylic acids is 1. The highest BCUT2D eigenvalue weighted by Crippen LogP contribution is 2.30. The van der Waals surface area contributed by atoms with Gasteiger partial charge in [0, 0.05) is 30.5 Å². The molecule has 28 heavy (non-hydrogen) atoms. The zero-order chi connectivity index (χ0) is 19.5. The fraction of sp³-hybridized carbons (Fsp3) is 0.211. The van der Waals surface area contributed by atoms with Gasteiger partial charge in [0.1, 0.15) is 23.0 Å². The lowest BCUT2D eigenvalue weighted by Gasteiger charge is -2.26. The molecular weight excluding hydrogens is 386 g/mol. The van der Waals surface area contributed by atoms with E-state index in [0.717, 1.165) is 36.8 Å². The molecule has 3 heterocycles. The van der Waals surface area contributed by atoms with Crippen molar-refractivity contribution in [1.29, 1.82) is 0 Å². The minimum absolute atomic E-state index is 0.0282. The van der Waals surface area contributed by atoms with Crippen LogP contribution in [-0.2, 0) is 0 Å². The number of hydrogen-bond donors (Lipinski definition) is 2. The normalized spacial score (nSPS) is 13.8. The minimum atomic E-state index is -0.742. The van der Waals surface area contributed by atoms with Gasteiger partial charge in [0.25, 0.3) is 5.91 Å². The molecule has 4 rings (SSSR count). The van der Waals surface area contributed by atoms with E-state index in [1.54, 1.807) is 0 Å². The number of pyridine rings is 1. The number of nitrogens with one attached hydrogen (secondary N) is 2. The summed E-state index contributed by atoms with van der Waals surface area (Å²) in [5, 5.41) is 6.37. The summed E-state index contributed by atoms with van der Waals surface area (Å²) in [7, 11) is 0. The van der Waals surface area contributed by atoms with Gasteiger partial charge in [0.15, 0.2) is 0 Å². The molecule has 3 aromatic rings. The Morgan fingerprint density at radius 1 is 1.21 bits per heavy atom. The number of hydrogen-bond acceptors (Lipinski definition) is 6. The third-order valence-electron chi connectivity index (χ3n) is 4.30. The van der Waals surface area contributed by atoms with Crippen molar-refractivity contribution in [2.45, 2.75) is 0 Å². The van der Waals surface area contributed by atoms with Gasteiger partial charge >= 0.3 is 0 Å². The van der Waals surface area contributed by atoms with Gasteiger partial charge in [0.05, 0.1) is 24.1 Å². The zero-order valence-electron chi connectivity index (χ0n) is 14.6. The average Bonchev–Trinajstić information content (AvgIpc) is 3.07. The Labute approximate surface area is 163 Å². The van der Waals surface area contributed by atoms with Gasteiger partial charge in [-0.1, -0.05) is 12.1 Å². The van der Waals surface area contributed by atoms with Crippen LogP contribution in [0.5, 0.6) is 5.06 Å². The zero-order valence-corrected chi connectivity index (χ0v) is 15.4. The second kappa shape index (κ2) is 7.99. The fourth-order valence-corrected chi connectivity index (χ4v) is 3.28. The quantitative estimate of drug-likeness (QED) is 0.662. The molecule has 1 aliphatic rings. The lowest BCUT2D eigenvalue weighted by atomic mass is 10.1. The Bertz CT molecular complexity index is 987. The van der Waals surface area contributed by atoms with Gasteiger partial charge in [-0.25, -0.2) is 13.8 Å². The Kier molecular flexibility index (Phi) is 5.27. The van der Waals surface area contributed by atoms with Crippen LogP contribution in [0.4, 0.5) is 14.5 Å². The van der Waals surface area contributed by atoms with Crippen LogP contribution < -0.4 is 15.4 Å². The molecule has 0 bridgehead atoms. The second-order valence-corrected chi connectivity index (χ2v) is 7.09. The Morgan fingerprint density at radius 3 is 2.68 bits per heavy atom. The molecule has 2 aromatic heterocycles. The summed E-state index contributed by atoms with van der Waals surface area (Å²) in [6, 6.07) is 8.01. The molecule has 1 aromatic carbocycles. The molecule has 144 valence electrons. The summed E-state index contributed by atoms with van der Waals surface area (Å²) >= 11 is 1.14. The van der Waals surface area contributed by atoms with Crippen LogP contribution in [0.15, 0.2) is 42.6 Å². The number of ether oxygens (including phenoxy) is 1. The van der Waals surface area contributed by atoms with Gasteiger partial charge < -0.3 is 15.4 Å². The van der Waals surface area contributed by atoms with Crippen molar-refractivity contribution in [2.75, 3.05) is 25.0 Å². The van der Waals surface area contributed by atoms with Crippen LogP contribution in [0.2, 0.25) is 0 Å². The Morgan fingerprint density at radius 2 is 1.96 bits per heavy atom. The summed E-state index contributed by atoms with van der Waals surface area (Å²) in [5.74, 6) is -1.56. The van der Waals surface area contributed by atoms with Crippen LogP contribution in [0.1, 0.15) is 10.5 Å². The number of aromatic nitrogens is 2. The number of amides is 1. The Balaban J connectivity index is 1.51. The summed E-state index contributed by atoms with van der Waals surface area (Å²) in [5.41, 5.74) is 0.236. The van der Waals surface area contributed by atoms with Crippen LogP contribution in [0.25, 0.3) is 11.3 Å². The molecule has 0 atom stereocenters. The molecular formula is C19H16F2N4O2S. The average molecular weight is 402 g/mol. The van der Waals surface area contributed by atoms with E-state index in [2.05, 4.69) is 20.0 Å². The van der Waals surface area contributed by atoms with E-state index in [1.807, 2.05) is 0 Å². The van der Waals surface area contributed by atoms with E-state index < -0.39 is 17.5 Å². The van der Waals surface area contributed by atoms with Crippen molar-refractivity contribution >= 4 is 23.1 Å². The first-order valence-corrected chi connectivity index (χ1v) is 9.40. The second-order valence-electron chi connectivity index (χ2n) is 6.32. The molecule has 0 aliphatic carbocycles. The predicted octanol–water partition coefficient (Wildman–Crippen LogP) is 3.33. The van der Waals surface area contributed by atoms with Crippen LogP contribution in [0.3, 0.4) is 0 Å². The van der Waals surface area contributed by atoms with Crippen LogP contribution in [0, 0.1) is 17.6 Å². The Hall–Kier alpha value is -2.91. The number of halogens is 2. The van der Waals surface area contributed by atoms with E-state index in [1.165, 1.54) is 30.5 Å². The van der Waals surface area contributed by atoms with Crippen molar-refractivity contribution in [3.8, 4) is 16.3 Å². The maximum atomic E-state index is 14.0. The van der Waals surface area contributed by atoms with Crippen molar-refractivity contribution in [3.05, 3.63) is 59.9 Å². The van der Waals surface area contributed by atoms with Gasteiger partial charge in [-0.3, -0.25) is 4.79 Å². The van der Waals surface area contributed by atoms with E-state index in [-0.39, 0.29) is 17.0 Å². The third-order valence-corrected chi connectivity index (χ3v) is 5.02. The van der Waals surface area contributed by atoms with Crippen LogP contribution in [-0.4, -0.2) is 35.0 Å². The molecule has 1 saturated heterocycles. The van der Waals surface area contributed by atoms with Crippen molar-refractivity contribution in [3.63, 3.8) is 0 Å². The predicted molar refractivity (Wildman–Crippen MR) is 102 cm³/mol. The van der Waals surface area contributed by atoms with E-state index in [0.29, 0.717) is 23.3 Å². The van der Waals surface area contributed by atoms with E-state index >= 15 is 0 Å². The summed E-state index contributed by atoms with van der Waals surface area (Å²) in [6.45, 7) is 2.35. The summed E-state index contributed by atoms with van der Waals surface area (Å²) in [6.07, 6.45) is 1.50. The maximum absolute atomic E-state index is 14.0. The number of rotatable bonds is 6. The first-order valence-electron chi connectivity index (χ1n) is 8.63. The number of benzene rings is 1. The highest BCUT2D eigenvalue weighted by Gasteiger charge is 2.20. The number of nitrogens with zero attached hydrogens (tertiary/aromatic N) is 2. The standard InChI is InChI=1S/C19H16F2N4O2S/c20-12-3-1-4-13(21)17(12)14-5-2-6-15(24-14)18(26)25-16-9-23-28-19(16)27-10-11-7-22-8-11/h1-6,9,11,22H,7-8,10H2,(H,25,26). The SMILES string of the molecule is O=C(Nc1cnsc1OCC1CNC1)c1cccc(-c2c(F)cccc2F)n1. The van der Waals surface area contributed by atoms with Gasteiger partial charge in [-0.15, -0.1) is 0 Å². The topological polar surface area (TPSA) is 76.1 Å². The minimum Gasteiger partial charge on any atom is -0.481 e. The number of carbonyl (C=O) groups is 1. The first-order chi connectivity index (χ1) is 13.6. The number of anilines is 1. The third kappa shape index (κ3) is 3.85. The largest absolute Gasteiger partial charge is 0.481 e. The van der Waals surface area contributed by atoms with Crippen molar-refractivity contribution in [1.82, 2.24) is 14.7 Å². The van der Waals surface area contributed by atoms with Crippen molar-refractivity contribution in [2.24, 2.45) is 5.92 Å². The fourth-order valence-electron chi connectivity index (χ4n) is 2.71. The van der Waals surface area contributed by atoms with Gasteiger partial charge in [-0.2, -0.15) is 4.37 Å². The molecule has 0 radical (unpaired) electrons. The monoisotopic (exact) mass is 402 g/mol. The van der Waals surface area contributed by atoms with E-state index in [9.17, 15) is 13.6 Å². The van der Waals surface area contributed by atoms with Gasteiger partial charge in [0.2, 0.25) is 5.06 Å². The summed E-state index contributed by atoms with van der Waals surface area (Å²) < 4.78 is 37.8. The molecule has 0 unspecified atom stereocenters. The molecule has 1 fully saturated rings. The molecule has 1 amide bonds.